The van der Waals surface area contributed by atoms with Crippen LogP contribution in [0.4, 0.5) is 5.69 Å². The number of rotatable bonds is 7. The summed E-state index contributed by atoms with van der Waals surface area (Å²) in [5.74, 6) is -0.0549. The highest BCUT2D eigenvalue weighted by Gasteiger charge is 2.41. The van der Waals surface area contributed by atoms with Gasteiger partial charge in [0.1, 0.15) is 0 Å². The molecule has 0 radical (unpaired) electrons. The van der Waals surface area contributed by atoms with Crippen LogP contribution in [-0.4, -0.2) is 32.0 Å². The number of amides is 1. The highest BCUT2D eigenvalue weighted by Crippen LogP contribution is 2.41. The molecule has 0 saturated carbocycles. The largest absolute Gasteiger partial charge is 0.352 e. The van der Waals surface area contributed by atoms with Crippen LogP contribution in [-0.2, 0) is 4.79 Å². The summed E-state index contributed by atoms with van der Waals surface area (Å²) >= 11 is 11.9. The van der Waals surface area contributed by atoms with Gasteiger partial charge in [0.05, 0.1) is 17.8 Å². The topological polar surface area (TPSA) is 62.2 Å². The molecule has 37 heavy (non-hydrogen) atoms. The average Bonchev–Trinajstić information content (AvgIpc) is 3.39. The molecular formula is C29H28ClN5OS. The van der Waals surface area contributed by atoms with Gasteiger partial charge in [-0.2, -0.15) is 0 Å². The Morgan fingerprint density at radius 1 is 1.05 bits per heavy atom. The van der Waals surface area contributed by atoms with Crippen LogP contribution < -0.4 is 10.6 Å². The molecule has 1 saturated heterocycles. The zero-order chi connectivity index (χ0) is 25.9. The highest BCUT2D eigenvalue weighted by molar-refractivity contribution is 7.80. The van der Waals surface area contributed by atoms with Gasteiger partial charge in [-0.3, -0.25) is 9.78 Å². The predicted octanol–water partition coefficient (Wildman–Crippen LogP) is 6.14. The van der Waals surface area contributed by atoms with Crippen molar-refractivity contribution in [3.8, 4) is 5.69 Å². The molecule has 8 heteroatoms. The normalized spacial score (nSPS) is 17.1. The van der Waals surface area contributed by atoms with Crippen LogP contribution in [0.1, 0.15) is 41.1 Å². The van der Waals surface area contributed by atoms with Crippen molar-refractivity contribution in [1.29, 1.82) is 0 Å². The third kappa shape index (κ3) is 5.24. The minimum absolute atomic E-state index is 0.0549. The van der Waals surface area contributed by atoms with Gasteiger partial charge in [-0.15, -0.1) is 0 Å². The second-order valence-electron chi connectivity index (χ2n) is 9.12. The first-order valence-electron chi connectivity index (χ1n) is 12.2. The smallest absolute Gasteiger partial charge is 0.226 e. The van der Waals surface area contributed by atoms with Crippen LogP contribution in [0.15, 0.2) is 85.1 Å². The lowest BCUT2D eigenvalue weighted by Gasteiger charge is -2.28. The number of benzene rings is 2. The number of hydrogen-bond donors (Lipinski definition) is 2. The molecule has 5 rings (SSSR count). The molecule has 3 heterocycles. The average molecular weight is 530 g/mol. The summed E-state index contributed by atoms with van der Waals surface area (Å²) in [5.41, 5.74) is 6.08. The zero-order valence-electron chi connectivity index (χ0n) is 20.7. The van der Waals surface area contributed by atoms with E-state index in [2.05, 4.69) is 45.0 Å². The SMILES string of the molecule is Cc1cc([C@@H]2[C@@H](c3ccccn3)NC(=S)N2CCC(=O)Nc2ccccc2)c(C)n1-c1ccc(Cl)cc1. The van der Waals surface area contributed by atoms with E-state index in [0.29, 0.717) is 23.1 Å². The van der Waals surface area contributed by atoms with Gasteiger partial charge in [0.15, 0.2) is 5.11 Å². The molecule has 4 aromatic rings. The van der Waals surface area contributed by atoms with E-state index in [4.69, 9.17) is 23.8 Å². The van der Waals surface area contributed by atoms with Gasteiger partial charge in [-0.05, 0) is 86.2 Å². The van der Waals surface area contributed by atoms with Gasteiger partial charge < -0.3 is 20.1 Å². The van der Waals surface area contributed by atoms with Gasteiger partial charge in [0.25, 0.3) is 0 Å². The van der Waals surface area contributed by atoms with Crippen molar-refractivity contribution in [1.82, 2.24) is 19.8 Å². The molecule has 188 valence electrons. The lowest BCUT2D eigenvalue weighted by atomic mass is 9.96. The first-order valence-corrected chi connectivity index (χ1v) is 13.0. The Labute approximate surface area is 227 Å². The summed E-state index contributed by atoms with van der Waals surface area (Å²) in [6, 6.07) is 25.2. The van der Waals surface area contributed by atoms with Gasteiger partial charge >= 0.3 is 0 Å². The summed E-state index contributed by atoms with van der Waals surface area (Å²) in [7, 11) is 0. The molecule has 6 nitrogen and oxygen atoms in total. The Balaban J connectivity index is 1.47. The van der Waals surface area contributed by atoms with Crippen LogP contribution in [0.3, 0.4) is 0 Å². The van der Waals surface area contributed by atoms with Crippen LogP contribution in [0.25, 0.3) is 5.69 Å². The molecular weight excluding hydrogens is 502 g/mol. The van der Waals surface area contributed by atoms with E-state index in [0.717, 1.165) is 34.0 Å². The predicted molar refractivity (Wildman–Crippen MR) is 152 cm³/mol. The molecule has 0 bridgehead atoms. The van der Waals surface area contributed by atoms with E-state index in [1.165, 1.54) is 0 Å². The number of aromatic nitrogens is 2. The standard InChI is InChI=1S/C29H28ClN5OS/c1-19-18-24(20(2)35(19)23-13-11-21(30)12-14-23)28-27(25-10-6-7-16-31-25)33-29(37)34(28)17-15-26(36)32-22-8-4-3-5-9-22/h3-14,16,18,27-28H,15,17H2,1-2H3,(H,32,36)(H,33,37)/t27-,28-/m1/s1. The number of nitrogens with zero attached hydrogens (tertiary/aromatic N) is 3. The monoisotopic (exact) mass is 529 g/mol. The molecule has 1 fully saturated rings. The van der Waals surface area contributed by atoms with Crippen molar-refractivity contribution in [2.45, 2.75) is 32.4 Å². The van der Waals surface area contributed by atoms with E-state index in [1.54, 1.807) is 6.20 Å². The molecule has 0 aliphatic carbocycles. The number of para-hydroxylation sites is 1. The van der Waals surface area contributed by atoms with Crippen molar-refractivity contribution in [2.24, 2.45) is 0 Å². The molecule has 0 spiro atoms. The number of thiocarbonyl (C=S) groups is 1. The Kier molecular flexibility index (Phi) is 7.26. The number of anilines is 1. The maximum Gasteiger partial charge on any atom is 0.226 e. The molecule has 0 unspecified atom stereocenters. The molecule has 2 N–H and O–H groups in total. The van der Waals surface area contributed by atoms with Crippen molar-refractivity contribution in [2.75, 3.05) is 11.9 Å². The fraction of sp³-hybridized carbons (Fsp3) is 0.207. The third-order valence-corrected chi connectivity index (χ3v) is 7.31. The van der Waals surface area contributed by atoms with Gasteiger partial charge in [-0.1, -0.05) is 35.9 Å². The van der Waals surface area contributed by atoms with Crippen molar-refractivity contribution < 1.29 is 4.79 Å². The quantitative estimate of drug-likeness (QED) is 0.281. The van der Waals surface area contributed by atoms with Crippen molar-refractivity contribution in [3.05, 3.63) is 113 Å². The van der Waals surface area contributed by atoms with E-state index in [9.17, 15) is 4.79 Å². The maximum absolute atomic E-state index is 12.8. The summed E-state index contributed by atoms with van der Waals surface area (Å²) in [4.78, 5) is 19.5. The molecule has 2 aromatic heterocycles. The Bertz CT molecular complexity index is 1410. The van der Waals surface area contributed by atoms with Gasteiger partial charge in [-0.25, -0.2) is 0 Å². The lowest BCUT2D eigenvalue weighted by molar-refractivity contribution is -0.116. The summed E-state index contributed by atoms with van der Waals surface area (Å²) < 4.78 is 2.23. The molecule has 1 amide bonds. The van der Waals surface area contributed by atoms with Crippen LogP contribution >= 0.6 is 23.8 Å². The Morgan fingerprint density at radius 2 is 1.78 bits per heavy atom. The molecule has 2 atom stereocenters. The second-order valence-corrected chi connectivity index (χ2v) is 9.95. The molecule has 1 aliphatic rings. The Morgan fingerprint density at radius 3 is 2.49 bits per heavy atom. The summed E-state index contributed by atoms with van der Waals surface area (Å²) in [6.07, 6.45) is 2.10. The fourth-order valence-electron chi connectivity index (χ4n) is 5.03. The van der Waals surface area contributed by atoms with Crippen LogP contribution in [0.2, 0.25) is 5.02 Å². The first-order chi connectivity index (χ1) is 17.9. The third-order valence-electron chi connectivity index (χ3n) is 6.71. The number of hydrogen-bond acceptors (Lipinski definition) is 3. The van der Waals surface area contributed by atoms with E-state index in [-0.39, 0.29) is 18.0 Å². The minimum Gasteiger partial charge on any atom is -0.352 e. The second kappa shape index (κ2) is 10.7. The lowest BCUT2D eigenvalue weighted by Crippen LogP contribution is -2.32. The van der Waals surface area contributed by atoms with Gasteiger partial charge in [0, 0.05) is 46.9 Å². The Hall–Kier alpha value is -3.68. The zero-order valence-corrected chi connectivity index (χ0v) is 22.3. The first kappa shape index (κ1) is 25.0. The number of carbonyl (C=O) groups is 1. The van der Waals surface area contributed by atoms with E-state index < -0.39 is 0 Å². The molecule has 1 aliphatic heterocycles. The number of nitrogens with one attached hydrogen (secondary N) is 2. The number of carbonyl (C=O) groups excluding carboxylic acids is 1. The maximum atomic E-state index is 12.8. The fourth-order valence-corrected chi connectivity index (χ4v) is 5.48. The number of aryl methyl sites for hydroxylation is 1. The van der Waals surface area contributed by atoms with E-state index >= 15 is 0 Å². The summed E-state index contributed by atoms with van der Waals surface area (Å²) in [5, 5.41) is 7.77. The minimum atomic E-state index is -0.148. The summed E-state index contributed by atoms with van der Waals surface area (Å²) in [6.45, 7) is 4.69. The van der Waals surface area contributed by atoms with Crippen molar-refractivity contribution in [3.63, 3.8) is 0 Å². The number of halogens is 1. The number of pyridine rings is 1. The highest BCUT2D eigenvalue weighted by atomic mass is 35.5. The van der Waals surface area contributed by atoms with Crippen LogP contribution in [0, 0.1) is 13.8 Å². The van der Waals surface area contributed by atoms with Gasteiger partial charge in [0.2, 0.25) is 5.91 Å². The van der Waals surface area contributed by atoms with Crippen LogP contribution in [0.5, 0.6) is 0 Å². The van der Waals surface area contributed by atoms with Crippen molar-refractivity contribution >= 4 is 40.5 Å². The van der Waals surface area contributed by atoms with E-state index in [1.807, 2.05) is 72.8 Å². The molecule has 2 aromatic carbocycles.